The lowest BCUT2D eigenvalue weighted by Gasteiger charge is -2.07. The summed E-state index contributed by atoms with van der Waals surface area (Å²) in [7, 11) is 0. The average Bonchev–Trinajstić information content (AvgIpc) is 2.47. The first kappa shape index (κ1) is 13.6. The smallest absolute Gasteiger partial charge is 0.335 e. The van der Waals surface area contributed by atoms with Crippen LogP contribution < -0.4 is 0 Å². The van der Waals surface area contributed by atoms with Crippen LogP contribution in [0.2, 0.25) is 5.02 Å². The lowest BCUT2D eigenvalue weighted by molar-refractivity contribution is 0.0697. The third-order valence-corrected chi connectivity index (χ3v) is 3.56. The van der Waals surface area contributed by atoms with Gasteiger partial charge in [0, 0.05) is 16.6 Å². The van der Waals surface area contributed by atoms with Gasteiger partial charge in [-0.05, 0) is 47.9 Å². The van der Waals surface area contributed by atoms with E-state index >= 15 is 0 Å². The molecular weight excluding hydrogens is 286 g/mol. The van der Waals surface area contributed by atoms with Gasteiger partial charge in [0.1, 0.15) is 0 Å². The predicted octanol–water partition coefficient (Wildman–Crippen LogP) is 4.18. The van der Waals surface area contributed by atoms with Crippen molar-refractivity contribution in [2.45, 2.75) is 6.42 Å². The topological polar surface area (TPSA) is 50.2 Å². The number of halogens is 1. The Kier molecular flexibility index (Phi) is 3.59. The van der Waals surface area contributed by atoms with E-state index < -0.39 is 5.97 Å². The minimum absolute atomic E-state index is 0.205. The summed E-state index contributed by atoms with van der Waals surface area (Å²) in [5.74, 6) is -0.974. The molecule has 4 heteroatoms. The zero-order valence-corrected chi connectivity index (χ0v) is 11.8. The summed E-state index contributed by atoms with van der Waals surface area (Å²) in [5.41, 5.74) is 3.10. The molecule has 1 heterocycles. The molecular formula is C17H12ClNO2. The van der Waals surface area contributed by atoms with Gasteiger partial charge in [0.25, 0.3) is 0 Å². The molecule has 104 valence electrons. The van der Waals surface area contributed by atoms with Gasteiger partial charge in [0.2, 0.25) is 0 Å². The molecule has 0 atom stereocenters. The molecule has 21 heavy (non-hydrogen) atoms. The number of nitrogens with zero attached hydrogens (tertiary/aromatic N) is 1. The molecule has 0 saturated carbocycles. The average molecular weight is 298 g/mol. The summed E-state index contributed by atoms with van der Waals surface area (Å²) in [6, 6.07) is 14.7. The predicted molar refractivity (Wildman–Crippen MR) is 83.0 cm³/mol. The van der Waals surface area contributed by atoms with E-state index in [0.717, 1.165) is 22.0 Å². The van der Waals surface area contributed by atoms with E-state index in [1.165, 1.54) is 6.07 Å². The number of benzene rings is 2. The van der Waals surface area contributed by atoms with Gasteiger partial charge in [-0.3, -0.25) is 4.98 Å². The van der Waals surface area contributed by atoms with Crippen molar-refractivity contribution in [3.8, 4) is 0 Å². The second kappa shape index (κ2) is 5.54. The zero-order chi connectivity index (χ0) is 14.8. The van der Waals surface area contributed by atoms with Gasteiger partial charge < -0.3 is 5.11 Å². The fourth-order valence-electron chi connectivity index (χ4n) is 2.41. The Labute approximate surface area is 126 Å². The van der Waals surface area contributed by atoms with E-state index in [9.17, 15) is 4.79 Å². The fourth-order valence-corrected chi connectivity index (χ4v) is 2.66. The summed E-state index contributed by atoms with van der Waals surface area (Å²) in [6.45, 7) is 0. The number of hydrogen-bond acceptors (Lipinski definition) is 2. The standard InChI is InChI=1S/C17H12ClNO2/c18-14-9-11(8-13(10-14)17(20)21)7-12-5-6-19-16-4-2-1-3-15(12)16/h1-6,8-10H,7H2,(H,20,21). The molecule has 0 spiro atoms. The minimum atomic E-state index is -0.974. The molecule has 0 unspecified atom stereocenters. The van der Waals surface area contributed by atoms with E-state index in [1.54, 1.807) is 18.3 Å². The van der Waals surface area contributed by atoms with Crippen molar-refractivity contribution in [2.75, 3.05) is 0 Å². The quantitative estimate of drug-likeness (QED) is 0.789. The van der Waals surface area contributed by atoms with Crippen molar-refractivity contribution < 1.29 is 9.90 Å². The highest BCUT2D eigenvalue weighted by atomic mass is 35.5. The number of aromatic nitrogens is 1. The molecule has 0 radical (unpaired) electrons. The van der Waals surface area contributed by atoms with Gasteiger partial charge in [-0.1, -0.05) is 29.8 Å². The molecule has 0 bridgehead atoms. The number of carboxylic acid groups (broad SMARTS) is 1. The van der Waals surface area contributed by atoms with E-state index in [1.807, 2.05) is 30.3 Å². The number of fused-ring (bicyclic) bond motifs is 1. The molecule has 0 saturated heterocycles. The van der Waals surface area contributed by atoms with Crippen LogP contribution in [0.25, 0.3) is 10.9 Å². The number of pyridine rings is 1. The summed E-state index contributed by atoms with van der Waals surface area (Å²) in [6.07, 6.45) is 2.38. The third kappa shape index (κ3) is 2.88. The highest BCUT2D eigenvalue weighted by Crippen LogP contribution is 2.22. The molecule has 3 rings (SSSR count). The molecule has 3 nitrogen and oxygen atoms in total. The highest BCUT2D eigenvalue weighted by Gasteiger charge is 2.08. The van der Waals surface area contributed by atoms with Crippen LogP contribution >= 0.6 is 11.6 Å². The molecule has 0 aliphatic heterocycles. The fraction of sp³-hybridized carbons (Fsp3) is 0.0588. The van der Waals surface area contributed by atoms with Gasteiger partial charge in [-0.15, -0.1) is 0 Å². The number of para-hydroxylation sites is 1. The third-order valence-electron chi connectivity index (χ3n) is 3.34. The second-order valence-corrected chi connectivity index (χ2v) is 5.25. The lowest BCUT2D eigenvalue weighted by Crippen LogP contribution is -1.99. The van der Waals surface area contributed by atoms with Gasteiger partial charge in [0.05, 0.1) is 11.1 Å². The van der Waals surface area contributed by atoms with Gasteiger partial charge >= 0.3 is 5.97 Å². The number of carbonyl (C=O) groups is 1. The maximum Gasteiger partial charge on any atom is 0.335 e. The lowest BCUT2D eigenvalue weighted by atomic mass is 10.00. The van der Waals surface area contributed by atoms with Crippen molar-refractivity contribution in [3.05, 3.63) is 76.4 Å². The molecule has 0 amide bonds. The molecule has 3 aromatic rings. The van der Waals surface area contributed by atoms with Crippen LogP contribution in [0, 0.1) is 0 Å². The maximum atomic E-state index is 11.1. The SMILES string of the molecule is O=C(O)c1cc(Cl)cc(Cc2ccnc3ccccc23)c1. The largest absolute Gasteiger partial charge is 0.478 e. The van der Waals surface area contributed by atoms with E-state index in [4.69, 9.17) is 16.7 Å². The first-order valence-electron chi connectivity index (χ1n) is 6.49. The highest BCUT2D eigenvalue weighted by molar-refractivity contribution is 6.31. The van der Waals surface area contributed by atoms with Crippen molar-refractivity contribution >= 4 is 28.5 Å². The molecule has 0 aliphatic carbocycles. The summed E-state index contributed by atoms with van der Waals surface area (Å²) < 4.78 is 0. The molecule has 0 fully saturated rings. The Balaban J connectivity index is 2.05. The monoisotopic (exact) mass is 297 g/mol. The number of aromatic carboxylic acids is 1. The van der Waals surface area contributed by atoms with Crippen LogP contribution in [0.3, 0.4) is 0 Å². The van der Waals surface area contributed by atoms with E-state index in [-0.39, 0.29) is 5.56 Å². The Morgan fingerprint density at radius 2 is 1.95 bits per heavy atom. The van der Waals surface area contributed by atoms with Crippen LogP contribution in [-0.2, 0) is 6.42 Å². The van der Waals surface area contributed by atoms with Crippen molar-refractivity contribution in [3.63, 3.8) is 0 Å². The number of carboxylic acids is 1. The molecule has 2 aromatic carbocycles. The van der Waals surface area contributed by atoms with Gasteiger partial charge in [-0.25, -0.2) is 4.79 Å². The summed E-state index contributed by atoms with van der Waals surface area (Å²) >= 11 is 6.00. The van der Waals surface area contributed by atoms with Crippen LogP contribution in [0.4, 0.5) is 0 Å². The van der Waals surface area contributed by atoms with Crippen LogP contribution in [0.1, 0.15) is 21.5 Å². The summed E-state index contributed by atoms with van der Waals surface area (Å²) in [4.78, 5) is 15.4. The number of rotatable bonds is 3. The van der Waals surface area contributed by atoms with Gasteiger partial charge in [-0.2, -0.15) is 0 Å². The van der Waals surface area contributed by atoms with Crippen LogP contribution in [-0.4, -0.2) is 16.1 Å². The van der Waals surface area contributed by atoms with E-state index in [0.29, 0.717) is 11.4 Å². The molecule has 0 aliphatic rings. The van der Waals surface area contributed by atoms with Crippen LogP contribution in [0.15, 0.2) is 54.7 Å². The van der Waals surface area contributed by atoms with Gasteiger partial charge in [0.15, 0.2) is 0 Å². The Hall–Kier alpha value is -2.39. The minimum Gasteiger partial charge on any atom is -0.478 e. The zero-order valence-electron chi connectivity index (χ0n) is 11.1. The Morgan fingerprint density at radius 1 is 1.14 bits per heavy atom. The maximum absolute atomic E-state index is 11.1. The first-order valence-corrected chi connectivity index (χ1v) is 6.86. The Morgan fingerprint density at radius 3 is 2.76 bits per heavy atom. The molecule has 1 N–H and O–H groups in total. The summed E-state index contributed by atoms with van der Waals surface area (Å²) in [5, 5.41) is 10.6. The first-order chi connectivity index (χ1) is 10.1. The van der Waals surface area contributed by atoms with Crippen molar-refractivity contribution in [2.24, 2.45) is 0 Å². The normalized spacial score (nSPS) is 10.7. The number of hydrogen-bond donors (Lipinski definition) is 1. The second-order valence-electron chi connectivity index (χ2n) is 4.82. The van der Waals surface area contributed by atoms with E-state index in [2.05, 4.69) is 4.98 Å². The van der Waals surface area contributed by atoms with Crippen LogP contribution in [0.5, 0.6) is 0 Å². The Bertz CT molecular complexity index is 825. The van der Waals surface area contributed by atoms with Crippen molar-refractivity contribution in [1.29, 1.82) is 0 Å². The van der Waals surface area contributed by atoms with Crippen molar-refractivity contribution in [1.82, 2.24) is 4.98 Å². The molecule has 1 aromatic heterocycles.